The third-order valence-corrected chi connectivity index (χ3v) is 9.49. The molecule has 51 heavy (non-hydrogen) atoms. The van der Waals surface area contributed by atoms with Gasteiger partial charge in [-0.05, 0) is 16.7 Å². The SMILES string of the molecule is CS(=O)(=O)Cl.O=c1ccn([C@@H]2O[C@H](COC(c3ccccc3)(c3ccccc3)c3ccccc3)[C@](O)(CS(=O)(=O)O)[C@]2(O)CS(=O)(=O)O)c(=O)[nH]1. The van der Waals surface area contributed by atoms with Crippen molar-refractivity contribution in [2.45, 2.75) is 29.1 Å². The van der Waals surface area contributed by atoms with Gasteiger partial charge in [0.25, 0.3) is 25.8 Å². The minimum atomic E-state index is -5.24. The molecule has 1 aliphatic rings. The molecule has 1 aromatic heterocycles. The molecule has 4 aromatic rings. The van der Waals surface area contributed by atoms with Gasteiger partial charge in [-0.3, -0.25) is 23.5 Å². The lowest BCUT2D eigenvalue weighted by Gasteiger charge is -2.41. The molecule has 3 aromatic carbocycles. The molecule has 0 spiro atoms. The van der Waals surface area contributed by atoms with Gasteiger partial charge in [-0.2, -0.15) is 16.8 Å². The van der Waals surface area contributed by atoms with Crippen LogP contribution < -0.4 is 11.2 Å². The Kier molecular flexibility index (Phi) is 11.8. The minimum Gasteiger partial charge on any atom is -0.383 e. The number of ether oxygens (including phenoxy) is 2. The lowest BCUT2D eigenvalue weighted by molar-refractivity contribution is -0.138. The second-order valence-corrected chi connectivity index (χ2v) is 17.5. The molecule has 20 heteroatoms. The Bertz CT molecular complexity index is 2170. The highest BCUT2D eigenvalue weighted by Gasteiger charge is 2.69. The molecule has 2 heterocycles. The summed E-state index contributed by atoms with van der Waals surface area (Å²) in [5.41, 5.74) is -8.42. The van der Waals surface area contributed by atoms with Gasteiger partial charge in [-0.1, -0.05) is 91.0 Å². The maximum atomic E-state index is 12.8. The first-order valence-corrected chi connectivity index (χ1v) is 20.5. The number of hydrogen-bond acceptors (Lipinski definition) is 12. The van der Waals surface area contributed by atoms with Crippen LogP contribution in [0.25, 0.3) is 0 Å². The van der Waals surface area contributed by atoms with Gasteiger partial charge in [0.2, 0.25) is 9.05 Å². The summed E-state index contributed by atoms with van der Waals surface area (Å²) in [6.45, 7) is -0.785. The third-order valence-electron chi connectivity index (χ3n) is 7.88. The van der Waals surface area contributed by atoms with Gasteiger partial charge >= 0.3 is 5.69 Å². The van der Waals surface area contributed by atoms with Crippen molar-refractivity contribution in [2.75, 3.05) is 24.4 Å². The van der Waals surface area contributed by atoms with Gasteiger partial charge in [-0.25, -0.2) is 13.2 Å². The van der Waals surface area contributed by atoms with Gasteiger partial charge in [0.15, 0.2) is 11.8 Å². The molecular formula is C31H33ClN2O14S3. The first kappa shape index (κ1) is 40.0. The van der Waals surface area contributed by atoms with E-state index in [2.05, 4.69) is 10.7 Å². The molecule has 0 radical (unpaired) electrons. The van der Waals surface area contributed by atoms with Gasteiger partial charge in [0.05, 0.1) is 12.9 Å². The smallest absolute Gasteiger partial charge is 0.330 e. The van der Waals surface area contributed by atoms with Crippen LogP contribution in [0.15, 0.2) is 113 Å². The van der Waals surface area contributed by atoms with Gasteiger partial charge < -0.3 is 19.7 Å². The molecule has 0 amide bonds. The summed E-state index contributed by atoms with van der Waals surface area (Å²) in [5.74, 6) is -3.45. The van der Waals surface area contributed by atoms with Crippen molar-refractivity contribution in [2.24, 2.45) is 0 Å². The number of nitrogens with one attached hydrogen (secondary N) is 1. The normalized spacial score (nSPS) is 22.5. The summed E-state index contributed by atoms with van der Waals surface area (Å²) in [6.07, 6.45) is -2.46. The van der Waals surface area contributed by atoms with Crippen LogP contribution in [-0.4, -0.2) is 95.8 Å². The molecule has 5 rings (SSSR count). The Morgan fingerprint density at radius 1 is 0.765 bits per heavy atom. The number of rotatable bonds is 11. The topological polar surface area (TPSA) is 257 Å². The number of hydrogen-bond donors (Lipinski definition) is 5. The Hall–Kier alpha value is -3.76. The van der Waals surface area contributed by atoms with E-state index in [0.29, 0.717) is 21.3 Å². The van der Waals surface area contributed by atoms with E-state index in [-0.39, 0.29) is 0 Å². The summed E-state index contributed by atoms with van der Waals surface area (Å²) in [4.78, 5) is 26.4. The predicted octanol–water partition coefficient (Wildman–Crippen LogP) is 0.865. The number of H-pyrrole nitrogens is 1. The number of aliphatic hydroxyl groups is 2. The number of aromatic amines is 1. The summed E-state index contributed by atoms with van der Waals surface area (Å²) >= 11 is 0. The van der Waals surface area contributed by atoms with E-state index in [9.17, 15) is 54.2 Å². The lowest BCUT2D eigenvalue weighted by atomic mass is 9.79. The lowest BCUT2D eigenvalue weighted by Crippen LogP contribution is -2.65. The Balaban J connectivity index is 0.00000109. The van der Waals surface area contributed by atoms with E-state index >= 15 is 0 Å². The molecule has 16 nitrogen and oxygen atoms in total. The zero-order valence-corrected chi connectivity index (χ0v) is 29.7. The maximum absolute atomic E-state index is 12.8. The van der Waals surface area contributed by atoms with Crippen molar-refractivity contribution < 1.29 is 54.0 Å². The van der Waals surface area contributed by atoms with E-state index in [1.807, 2.05) is 4.98 Å². The van der Waals surface area contributed by atoms with Crippen molar-refractivity contribution >= 4 is 40.0 Å². The van der Waals surface area contributed by atoms with E-state index in [0.717, 1.165) is 18.5 Å². The Morgan fingerprint density at radius 2 is 1.16 bits per heavy atom. The average Bonchev–Trinajstić information content (AvgIpc) is 3.21. The number of benzene rings is 3. The molecule has 1 aliphatic heterocycles. The molecule has 0 saturated carbocycles. The molecule has 5 N–H and O–H groups in total. The fraction of sp³-hybridized carbons (Fsp3) is 0.290. The summed E-state index contributed by atoms with van der Waals surface area (Å²) in [6, 6.07) is 27.2. The van der Waals surface area contributed by atoms with Gasteiger partial charge in [0, 0.05) is 22.9 Å². The van der Waals surface area contributed by atoms with Crippen LogP contribution in [-0.2, 0) is 44.4 Å². The molecule has 1 saturated heterocycles. The van der Waals surface area contributed by atoms with Crippen LogP contribution in [0.4, 0.5) is 0 Å². The Labute approximate surface area is 296 Å². The zero-order valence-electron chi connectivity index (χ0n) is 26.5. The number of halogens is 1. The van der Waals surface area contributed by atoms with E-state index in [1.54, 1.807) is 91.0 Å². The van der Waals surface area contributed by atoms with Crippen molar-refractivity contribution in [3.05, 3.63) is 141 Å². The second-order valence-electron chi connectivity index (χ2n) is 11.6. The van der Waals surface area contributed by atoms with Gasteiger partial charge in [-0.15, -0.1) is 0 Å². The standard InChI is InChI=1S/C30H30N2O12S2.CH3ClO2S/c33-25-16-17-32(27(34)31-25)26-29(36,20-46(40,41)42)28(35,19-45(37,38)39)24(44-26)18-43-30(21-10-4-1-5-11-21,22-12-6-2-7-13-22)23-14-8-3-9-15-23;1-5(2,3)4/h1-17,24,26,35-36H,18-20H2,(H,31,33,34)(H,37,38,39)(H,40,41,42);1H3/t24-,26-,28-,29+;/m1./s1. The number of aromatic nitrogens is 2. The highest BCUT2D eigenvalue weighted by Crippen LogP contribution is 2.48. The molecule has 276 valence electrons. The average molecular weight is 789 g/mol. The quantitative estimate of drug-likeness (QED) is 0.0803. The largest absolute Gasteiger partial charge is 0.383 e. The summed E-state index contributed by atoms with van der Waals surface area (Å²) in [5, 5.41) is 23.9. The molecule has 4 atom stereocenters. The Morgan fingerprint density at radius 3 is 1.53 bits per heavy atom. The fourth-order valence-electron chi connectivity index (χ4n) is 5.90. The number of nitrogens with zero attached hydrogens (tertiary/aromatic N) is 1. The maximum Gasteiger partial charge on any atom is 0.330 e. The van der Waals surface area contributed by atoms with Crippen LogP contribution in [0, 0.1) is 0 Å². The molecule has 1 fully saturated rings. The van der Waals surface area contributed by atoms with Crippen molar-refractivity contribution in [3.63, 3.8) is 0 Å². The molecule has 0 bridgehead atoms. The van der Waals surface area contributed by atoms with Crippen molar-refractivity contribution in [1.29, 1.82) is 0 Å². The third kappa shape index (κ3) is 9.38. The minimum absolute atomic E-state index is 0.514. The molecule has 0 unspecified atom stereocenters. The summed E-state index contributed by atoms with van der Waals surface area (Å²) < 4.78 is 100. The monoisotopic (exact) mass is 788 g/mol. The van der Waals surface area contributed by atoms with Crippen molar-refractivity contribution in [3.8, 4) is 0 Å². The highest BCUT2D eigenvalue weighted by atomic mass is 35.7. The van der Waals surface area contributed by atoms with Crippen LogP contribution >= 0.6 is 10.7 Å². The van der Waals surface area contributed by atoms with Crippen LogP contribution in [0.5, 0.6) is 0 Å². The van der Waals surface area contributed by atoms with E-state index in [1.165, 1.54) is 0 Å². The van der Waals surface area contributed by atoms with Crippen LogP contribution in [0.2, 0.25) is 0 Å². The molecule has 0 aliphatic carbocycles. The predicted molar refractivity (Wildman–Crippen MR) is 184 cm³/mol. The van der Waals surface area contributed by atoms with Crippen molar-refractivity contribution in [1.82, 2.24) is 9.55 Å². The van der Waals surface area contributed by atoms with Crippen LogP contribution in [0.3, 0.4) is 0 Å². The second kappa shape index (κ2) is 15.1. The highest BCUT2D eigenvalue weighted by molar-refractivity contribution is 8.13. The van der Waals surface area contributed by atoms with E-state index < -0.39 is 87.8 Å². The molecular weight excluding hydrogens is 756 g/mol. The first-order chi connectivity index (χ1) is 23.6. The van der Waals surface area contributed by atoms with E-state index in [4.69, 9.17) is 9.47 Å². The zero-order chi connectivity index (χ0) is 37.9. The van der Waals surface area contributed by atoms with Crippen LogP contribution in [0.1, 0.15) is 22.9 Å². The fourth-order valence-corrected chi connectivity index (χ4v) is 7.84. The summed E-state index contributed by atoms with van der Waals surface area (Å²) in [7, 11) is -9.16. The van der Waals surface area contributed by atoms with Gasteiger partial charge in [0.1, 0.15) is 28.8 Å². The first-order valence-electron chi connectivity index (χ1n) is 14.6.